The number of carbonyl (C=O) groups excluding carboxylic acids is 1. The second-order valence-electron chi connectivity index (χ2n) is 9.87. The third-order valence-electron chi connectivity index (χ3n) is 7.58. The van der Waals surface area contributed by atoms with Gasteiger partial charge in [0, 0.05) is 7.05 Å². The van der Waals surface area contributed by atoms with Gasteiger partial charge in [0.2, 0.25) is 5.91 Å². The summed E-state index contributed by atoms with van der Waals surface area (Å²) in [4.78, 5) is 24.9. The summed E-state index contributed by atoms with van der Waals surface area (Å²) in [5.74, 6) is 0.522. The number of carboxylic acid groups (broad SMARTS) is 1. The van der Waals surface area contributed by atoms with Crippen molar-refractivity contribution in [2.24, 2.45) is 0 Å². The van der Waals surface area contributed by atoms with Crippen LogP contribution in [0.5, 0.6) is 11.5 Å². The van der Waals surface area contributed by atoms with Gasteiger partial charge in [-0.2, -0.15) is 0 Å². The van der Waals surface area contributed by atoms with Crippen molar-refractivity contribution in [3.05, 3.63) is 157 Å². The Kier molecular flexibility index (Phi) is 11.5. The first kappa shape index (κ1) is 32.4. The van der Waals surface area contributed by atoms with Gasteiger partial charge < -0.3 is 19.9 Å². The number of rotatable bonds is 12. The molecule has 0 aliphatic heterocycles. The van der Waals surface area contributed by atoms with Gasteiger partial charge in [-0.05, 0) is 59.4 Å². The van der Waals surface area contributed by atoms with Gasteiger partial charge in [-0.1, -0.05) is 97.1 Å². The van der Waals surface area contributed by atoms with Crippen LogP contribution in [-0.2, 0) is 20.4 Å². The summed E-state index contributed by atoms with van der Waals surface area (Å²) in [6.45, 7) is 7.57. The molecule has 0 bridgehead atoms. The van der Waals surface area contributed by atoms with E-state index in [0.29, 0.717) is 24.2 Å². The molecule has 0 fully saturated rings. The number of likely N-dealkylation sites (N-methyl/N-ethyl adjacent to an activating group) is 1. The fourth-order valence-electron chi connectivity index (χ4n) is 5.34. The Morgan fingerprint density at radius 1 is 0.651 bits per heavy atom. The SMILES string of the molecule is C=CCC(C(=O)NC)(c1ccccc1)c1ccc(OC)cc1.C=CCC(C(=O)O)(c1ccccc1)c1ccc(OC)cc1. The van der Waals surface area contributed by atoms with E-state index in [4.69, 9.17) is 9.47 Å². The molecule has 1 amide bonds. The summed E-state index contributed by atoms with van der Waals surface area (Å²) in [6, 6.07) is 33.8. The molecule has 6 nitrogen and oxygen atoms in total. The summed E-state index contributed by atoms with van der Waals surface area (Å²) < 4.78 is 10.4. The summed E-state index contributed by atoms with van der Waals surface area (Å²) in [5, 5.41) is 12.7. The molecule has 2 N–H and O–H groups in total. The number of hydrogen-bond acceptors (Lipinski definition) is 4. The smallest absolute Gasteiger partial charge is 0.318 e. The van der Waals surface area contributed by atoms with E-state index in [1.54, 1.807) is 57.7 Å². The lowest BCUT2D eigenvalue weighted by Gasteiger charge is -2.32. The van der Waals surface area contributed by atoms with Gasteiger partial charge in [0.1, 0.15) is 22.3 Å². The second kappa shape index (κ2) is 15.2. The van der Waals surface area contributed by atoms with E-state index in [1.807, 2.05) is 84.9 Å². The number of ether oxygens (including phenoxy) is 2. The molecule has 0 aliphatic carbocycles. The monoisotopic (exact) mass is 577 g/mol. The van der Waals surface area contributed by atoms with Gasteiger partial charge in [0.05, 0.1) is 14.2 Å². The van der Waals surface area contributed by atoms with Crippen LogP contribution in [-0.4, -0.2) is 38.3 Å². The first-order chi connectivity index (χ1) is 20.8. The number of aliphatic carboxylic acids is 1. The van der Waals surface area contributed by atoms with E-state index in [1.165, 1.54) is 0 Å². The van der Waals surface area contributed by atoms with Crippen molar-refractivity contribution in [2.45, 2.75) is 23.7 Å². The number of carboxylic acids is 1. The van der Waals surface area contributed by atoms with Crippen LogP contribution in [0.4, 0.5) is 0 Å². The summed E-state index contributed by atoms with van der Waals surface area (Å²) in [7, 11) is 4.87. The molecule has 4 aromatic rings. The second-order valence-corrected chi connectivity index (χ2v) is 9.87. The molecule has 0 radical (unpaired) electrons. The lowest BCUT2D eigenvalue weighted by Crippen LogP contribution is -2.43. The van der Waals surface area contributed by atoms with Crippen LogP contribution in [0.1, 0.15) is 35.1 Å². The molecular weight excluding hydrogens is 538 g/mol. The van der Waals surface area contributed by atoms with Gasteiger partial charge in [-0.15, -0.1) is 13.2 Å². The average Bonchev–Trinajstić information content (AvgIpc) is 3.07. The summed E-state index contributed by atoms with van der Waals surface area (Å²) in [6.07, 6.45) is 4.26. The Labute approximate surface area is 254 Å². The van der Waals surface area contributed by atoms with Gasteiger partial charge in [-0.25, -0.2) is 0 Å². The normalized spacial score (nSPS) is 13.1. The highest BCUT2D eigenvalue weighted by molar-refractivity contribution is 5.92. The maximum atomic E-state index is 12.8. The van der Waals surface area contributed by atoms with Crippen molar-refractivity contribution in [1.29, 1.82) is 0 Å². The largest absolute Gasteiger partial charge is 0.497 e. The predicted molar refractivity (Wildman–Crippen MR) is 172 cm³/mol. The molecule has 0 spiro atoms. The molecule has 2 atom stereocenters. The van der Waals surface area contributed by atoms with Crippen LogP contribution in [0, 0.1) is 0 Å². The van der Waals surface area contributed by atoms with Crippen LogP contribution < -0.4 is 14.8 Å². The third kappa shape index (κ3) is 6.87. The van der Waals surface area contributed by atoms with Crippen molar-refractivity contribution < 1.29 is 24.2 Å². The molecule has 0 saturated carbocycles. The molecule has 43 heavy (non-hydrogen) atoms. The topological polar surface area (TPSA) is 84.9 Å². The molecule has 6 heteroatoms. The lowest BCUT2D eigenvalue weighted by atomic mass is 9.71. The molecule has 4 rings (SSSR count). The molecular formula is C37H39NO5. The Balaban J connectivity index is 0.000000236. The molecule has 0 aromatic heterocycles. The van der Waals surface area contributed by atoms with Crippen LogP contribution in [0.25, 0.3) is 0 Å². The van der Waals surface area contributed by atoms with E-state index in [9.17, 15) is 14.7 Å². The van der Waals surface area contributed by atoms with Crippen LogP contribution in [0.15, 0.2) is 135 Å². The van der Waals surface area contributed by atoms with Crippen LogP contribution in [0.2, 0.25) is 0 Å². The molecule has 0 saturated heterocycles. The van der Waals surface area contributed by atoms with Gasteiger partial charge >= 0.3 is 5.97 Å². The lowest BCUT2D eigenvalue weighted by molar-refractivity contribution is -0.142. The maximum Gasteiger partial charge on any atom is 0.318 e. The van der Waals surface area contributed by atoms with Crippen molar-refractivity contribution in [3.8, 4) is 11.5 Å². The highest BCUT2D eigenvalue weighted by Gasteiger charge is 2.41. The highest BCUT2D eigenvalue weighted by atomic mass is 16.5. The minimum atomic E-state index is -1.13. The van der Waals surface area contributed by atoms with Crippen molar-refractivity contribution in [2.75, 3.05) is 21.3 Å². The highest BCUT2D eigenvalue weighted by Crippen LogP contribution is 2.38. The van der Waals surface area contributed by atoms with Crippen LogP contribution in [0.3, 0.4) is 0 Å². The molecule has 222 valence electrons. The Bertz CT molecular complexity index is 1480. The Morgan fingerprint density at radius 2 is 1.00 bits per heavy atom. The summed E-state index contributed by atoms with van der Waals surface area (Å²) in [5.41, 5.74) is 1.39. The van der Waals surface area contributed by atoms with Gasteiger partial charge in [0.15, 0.2) is 0 Å². The van der Waals surface area contributed by atoms with Gasteiger partial charge in [-0.3, -0.25) is 9.59 Å². The molecule has 4 aromatic carbocycles. The average molecular weight is 578 g/mol. The fourth-order valence-corrected chi connectivity index (χ4v) is 5.34. The first-order valence-electron chi connectivity index (χ1n) is 13.9. The number of benzene rings is 4. The standard InChI is InChI=1S/C19H21NO2.C18H18O3/c1-4-14-19(18(21)20-2,15-8-6-5-7-9-15)16-10-12-17(22-3)13-11-16;1-3-13-18(17(19)20,14-7-5-4-6-8-14)15-9-11-16(21-2)12-10-15/h4-13H,1,14H2,2-3H3,(H,20,21);3-12H,1,13H2,2H3,(H,19,20). The molecule has 0 aliphatic rings. The Hall–Kier alpha value is -5.10. The van der Waals surface area contributed by atoms with Crippen molar-refractivity contribution in [3.63, 3.8) is 0 Å². The number of methoxy groups -OCH3 is 2. The summed E-state index contributed by atoms with van der Waals surface area (Å²) >= 11 is 0. The maximum absolute atomic E-state index is 12.8. The van der Waals surface area contributed by atoms with E-state index < -0.39 is 16.8 Å². The zero-order valence-corrected chi connectivity index (χ0v) is 25.0. The third-order valence-corrected chi connectivity index (χ3v) is 7.58. The van der Waals surface area contributed by atoms with E-state index in [2.05, 4.69) is 18.5 Å². The quantitative estimate of drug-likeness (QED) is 0.178. The number of nitrogens with one attached hydrogen (secondary N) is 1. The van der Waals surface area contributed by atoms with E-state index in [-0.39, 0.29) is 5.91 Å². The predicted octanol–water partition coefficient (Wildman–Crippen LogP) is 6.95. The molecule has 0 heterocycles. The Morgan fingerprint density at radius 3 is 1.35 bits per heavy atom. The number of allylic oxidation sites excluding steroid dienone is 2. The van der Waals surface area contributed by atoms with Gasteiger partial charge in [0.25, 0.3) is 0 Å². The molecule has 2 unspecified atom stereocenters. The minimum absolute atomic E-state index is 0.0521. The fraction of sp³-hybridized carbons (Fsp3) is 0.189. The number of carbonyl (C=O) groups is 2. The van der Waals surface area contributed by atoms with E-state index in [0.717, 1.165) is 22.4 Å². The van der Waals surface area contributed by atoms with Crippen LogP contribution >= 0.6 is 0 Å². The minimum Gasteiger partial charge on any atom is -0.497 e. The first-order valence-corrected chi connectivity index (χ1v) is 13.9. The van der Waals surface area contributed by atoms with Crippen molar-refractivity contribution >= 4 is 11.9 Å². The van der Waals surface area contributed by atoms with E-state index >= 15 is 0 Å². The number of amides is 1. The zero-order chi connectivity index (χ0) is 31.3. The van der Waals surface area contributed by atoms with Crippen molar-refractivity contribution in [1.82, 2.24) is 5.32 Å². The number of hydrogen-bond donors (Lipinski definition) is 2. The zero-order valence-electron chi connectivity index (χ0n) is 25.0.